The van der Waals surface area contributed by atoms with Crippen molar-refractivity contribution in [1.29, 1.82) is 0 Å². The van der Waals surface area contributed by atoms with Crippen molar-refractivity contribution in [3.8, 4) is 0 Å². The van der Waals surface area contributed by atoms with Gasteiger partial charge in [-0.2, -0.15) is 0 Å². The second-order valence-corrected chi connectivity index (χ2v) is 6.35. The Morgan fingerprint density at radius 1 is 1.35 bits per heavy atom. The third-order valence-electron chi connectivity index (χ3n) is 3.61. The fourth-order valence-electron chi connectivity index (χ4n) is 2.45. The van der Waals surface area contributed by atoms with Crippen LogP contribution in [0.15, 0.2) is 12.1 Å². The normalized spacial score (nSPS) is 21.6. The van der Waals surface area contributed by atoms with E-state index in [0.717, 1.165) is 17.7 Å². The molecule has 110 valence electrons. The van der Waals surface area contributed by atoms with E-state index in [2.05, 4.69) is 23.6 Å². The lowest BCUT2D eigenvalue weighted by Crippen LogP contribution is -2.40. The first-order valence-corrected chi connectivity index (χ1v) is 7.75. The molecular formula is C14H20N2O3S. The largest absolute Gasteiger partial charge is 0.481 e. The van der Waals surface area contributed by atoms with Crippen LogP contribution in [0.5, 0.6) is 0 Å². The third-order valence-corrected chi connectivity index (χ3v) is 4.84. The summed E-state index contributed by atoms with van der Waals surface area (Å²) in [7, 11) is 0. The first-order chi connectivity index (χ1) is 9.58. The number of carboxylic acid groups (broad SMARTS) is 1. The number of aliphatic carboxylic acids is 1. The Kier molecular flexibility index (Phi) is 5.00. The highest BCUT2D eigenvalue weighted by Crippen LogP contribution is 2.25. The van der Waals surface area contributed by atoms with Crippen molar-refractivity contribution in [2.75, 3.05) is 0 Å². The number of amides is 2. The molecule has 0 spiro atoms. The van der Waals surface area contributed by atoms with Gasteiger partial charge >= 0.3 is 12.0 Å². The smallest absolute Gasteiger partial charge is 0.315 e. The predicted octanol–water partition coefficient (Wildman–Crippen LogP) is 2.36. The van der Waals surface area contributed by atoms with Crippen molar-refractivity contribution in [2.24, 2.45) is 5.92 Å². The van der Waals surface area contributed by atoms with Crippen molar-refractivity contribution >= 4 is 23.3 Å². The third kappa shape index (κ3) is 3.96. The first-order valence-electron chi connectivity index (χ1n) is 6.93. The van der Waals surface area contributed by atoms with E-state index in [1.54, 1.807) is 11.3 Å². The molecule has 0 bridgehead atoms. The van der Waals surface area contributed by atoms with Crippen LogP contribution in [-0.2, 0) is 17.8 Å². The Hall–Kier alpha value is -1.56. The maximum absolute atomic E-state index is 11.8. The van der Waals surface area contributed by atoms with Crippen LogP contribution < -0.4 is 10.6 Å². The minimum absolute atomic E-state index is 0.0226. The number of rotatable bonds is 5. The van der Waals surface area contributed by atoms with Gasteiger partial charge in [0.2, 0.25) is 0 Å². The summed E-state index contributed by atoms with van der Waals surface area (Å²) >= 11 is 1.70. The number of aryl methyl sites for hydroxylation is 1. The Bertz CT molecular complexity index is 487. The van der Waals surface area contributed by atoms with Crippen molar-refractivity contribution in [1.82, 2.24) is 10.6 Å². The maximum atomic E-state index is 11.8. The van der Waals surface area contributed by atoms with Gasteiger partial charge in [-0.25, -0.2) is 4.79 Å². The Morgan fingerprint density at radius 2 is 2.10 bits per heavy atom. The lowest BCUT2D eigenvalue weighted by molar-refractivity contribution is -0.141. The molecule has 0 radical (unpaired) electrons. The van der Waals surface area contributed by atoms with Crippen molar-refractivity contribution < 1.29 is 14.7 Å². The van der Waals surface area contributed by atoms with Crippen molar-refractivity contribution in [3.05, 3.63) is 21.9 Å². The summed E-state index contributed by atoms with van der Waals surface area (Å²) in [5.41, 5.74) is 0. The number of hydrogen-bond donors (Lipinski definition) is 3. The average molecular weight is 296 g/mol. The number of nitrogens with one attached hydrogen (secondary N) is 2. The van der Waals surface area contributed by atoms with Gasteiger partial charge in [0.15, 0.2) is 0 Å². The Balaban J connectivity index is 1.72. The van der Waals surface area contributed by atoms with Gasteiger partial charge in [-0.1, -0.05) is 6.92 Å². The number of hydrogen-bond acceptors (Lipinski definition) is 3. The molecular weight excluding hydrogens is 276 g/mol. The number of carbonyl (C=O) groups excluding carboxylic acids is 1. The minimum atomic E-state index is -0.764. The average Bonchev–Trinajstić information content (AvgIpc) is 3.04. The van der Waals surface area contributed by atoms with E-state index >= 15 is 0 Å². The number of thiophene rings is 1. The zero-order valence-corrected chi connectivity index (χ0v) is 12.3. The molecule has 0 saturated heterocycles. The van der Waals surface area contributed by atoms with Gasteiger partial charge in [0.05, 0.1) is 12.5 Å². The molecule has 3 N–H and O–H groups in total. The van der Waals surface area contributed by atoms with Crippen LogP contribution in [0.4, 0.5) is 4.79 Å². The van der Waals surface area contributed by atoms with Gasteiger partial charge in [0.1, 0.15) is 0 Å². The van der Waals surface area contributed by atoms with Crippen LogP contribution in [0.1, 0.15) is 35.9 Å². The predicted molar refractivity (Wildman–Crippen MR) is 77.8 cm³/mol. The summed E-state index contributed by atoms with van der Waals surface area (Å²) in [6.45, 7) is 2.63. The molecule has 0 aliphatic heterocycles. The molecule has 1 aliphatic rings. The molecule has 5 nitrogen and oxygen atoms in total. The molecule has 1 fully saturated rings. The van der Waals surface area contributed by atoms with Crippen LogP contribution in [0, 0.1) is 5.92 Å². The van der Waals surface area contributed by atoms with Crippen LogP contribution >= 0.6 is 11.3 Å². The van der Waals surface area contributed by atoms with Crippen molar-refractivity contribution in [3.63, 3.8) is 0 Å². The van der Waals surface area contributed by atoms with E-state index in [-0.39, 0.29) is 18.0 Å². The maximum Gasteiger partial charge on any atom is 0.315 e. The lowest BCUT2D eigenvalue weighted by atomic mass is 10.1. The quantitative estimate of drug-likeness (QED) is 0.780. The lowest BCUT2D eigenvalue weighted by Gasteiger charge is -2.13. The van der Waals surface area contributed by atoms with Gasteiger partial charge < -0.3 is 15.7 Å². The molecule has 20 heavy (non-hydrogen) atoms. The van der Waals surface area contributed by atoms with E-state index in [1.807, 2.05) is 6.07 Å². The topological polar surface area (TPSA) is 78.4 Å². The molecule has 2 amide bonds. The van der Waals surface area contributed by atoms with Crippen LogP contribution in [0.2, 0.25) is 0 Å². The molecule has 2 unspecified atom stereocenters. The molecule has 1 heterocycles. The molecule has 0 aromatic carbocycles. The highest BCUT2D eigenvalue weighted by molar-refractivity contribution is 7.11. The molecule has 1 aromatic rings. The fourth-order valence-corrected chi connectivity index (χ4v) is 3.35. The highest BCUT2D eigenvalue weighted by Gasteiger charge is 2.30. The van der Waals surface area contributed by atoms with Gasteiger partial charge in [0, 0.05) is 15.8 Å². The summed E-state index contributed by atoms with van der Waals surface area (Å²) in [5.74, 6) is -1.08. The standard InChI is InChI=1S/C14H20N2O3S/c1-2-11-5-6-12(20-11)8-15-14(19)16-10-4-3-9(7-10)13(17)18/h5-6,9-10H,2-4,7-8H2,1H3,(H,17,18)(H2,15,16,19). The molecule has 6 heteroatoms. The summed E-state index contributed by atoms with van der Waals surface area (Å²) in [4.78, 5) is 25.0. The van der Waals surface area contributed by atoms with Gasteiger partial charge in [-0.05, 0) is 37.8 Å². The number of carbonyl (C=O) groups is 2. The van der Waals surface area contributed by atoms with Crippen LogP contribution in [0.25, 0.3) is 0 Å². The second-order valence-electron chi connectivity index (χ2n) is 5.09. The van der Waals surface area contributed by atoms with Gasteiger partial charge in [-0.3, -0.25) is 4.79 Å². The van der Waals surface area contributed by atoms with Crippen LogP contribution in [-0.4, -0.2) is 23.1 Å². The monoisotopic (exact) mass is 296 g/mol. The summed E-state index contributed by atoms with van der Waals surface area (Å²) < 4.78 is 0. The van der Waals surface area contributed by atoms with Gasteiger partial charge in [-0.15, -0.1) is 11.3 Å². The van der Waals surface area contributed by atoms with Gasteiger partial charge in [0.25, 0.3) is 0 Å². The molecule has 1 aliphatic carbocycles. The van der Waals surface area contributed by atoms with E-state index < -0.39 is 5.97 Å². The second kappa shape index (κ2) is 6.74. The van der Waals surface area contributed by atoms with E-state index in [0.29, 0.717) is 19.4 Å². The fraction of sp³-hybridized carbons (Fsp3) is 0.571. The molecule has 1 saturated carbocycles. The van der Waals surface area contributed by atoms with E-state index in [9.17, 15) is 9.59 Å². The zero-order chi connectivity index (χ0) is 14.5. The summed E-state index contributed by atoms with van der Waals surface area (Å²) in [5, 5.41) is 14.6. The van der Waals surface area contributed by atoms with E-state index in [4.69, 9.17) is 5.11 Å². The first kappa shape index (κ1) is 14.8. The minimum Gasteiger partial charge on any atom is -0.481 e. The Labute approximate surface area is 122 Å². The number of urea groups is 1. The Morgan fingerprint density at radius 3 is 2.70 bits per heavy atom. The highest BCUT2D eigenvalue weighted by atomic mass is 32.1. The molecule has 2 rings (SSSR count). The summed E-state index contributed by atoms with van der Waals surface area (Å²) in [6, 6.07) is 3.87. The van der Waals surface area contributed by atoms with E-state index in [1.165, 1.54) is 4.88 Å². The SMILES string of the molecule is CCc1ccc(CNC(=O)NC2CCC(C(=O)O)C2)s1. The summed E-state index contributed by atoms with van der Waals surface area (Å²) in [6.07, 6.45) is 2.92. The molecule has 2 atom stereocenters. The number of carboxylic acids is 1. The van der Waals surface area contributed by atoms with Crippen LogP contribution in [0.3, 0.4) is 0 Å². The zero-order valence-electron chi connectivity index (χ0n) is 11.5. The van der Waals surface area contributed by atoms with Crippen molar-refractivity contribution in [2.45, 2.75) is 45.2 Å². The molecule has 1 aromatic heterocycles.